The zero-order valence-electron chi connectivity index (χ0n) is 49.4. The van der Waals surface area contributed by atoms with E-state index in [2.05, 4.69) is 51.8 Å². The second kappa shape index (κ2) is 30.9. The molecule has 17 nitrogen and oxygen atoms in total. The Morgan fingerprint density at radius 1 is 0.489 bits per heavy atom. The molecule has 3 aliphatic carbocycles. The SMILES string of the molecule is CC(C)=NOc1cc(C(F)(F)F)ccc1OC1[C@@H]2CC[C@H]1CN(c1ccc(C#N)cn1)C2.N#Cc1ccc(N2C[C@H]3CC[C@@H](C2)C3Oc2ccc(C(F)(F)F)cc2O)nc1.N#Cc1ccc(N2C[C@H]3CC[C@@H](C2)C3Oc2ccc(C(F)(F)F)cc2ON)nc1.[U].[V].[W]. The van der Waals surface area contributed by atoms with Crippen LogP contribution in [0.25, 0.3) is 0 Å². The Morgan fingerprint density at radius 3 is 1.08 bits per heavy atom. The summed E-state index contributed by atoms with van der Waals surface area (Å²) in [5.41, 5.74) is -0.453. The molecule has 0 spiro atoms. The number of alkyl halides is 9. The van der Waals surface area contributed by atoms with Crippen LogP contribution in [-0.4, -0.2) is 83.4 Å². The van der Waals surface area contributed by atoms with Gasteiger partial charge in [0.2, 0.25) is 0 Å². The number of nitrogens with two attached hydrogens (primary N) is 1. The number of hydrogen-bond acceptors (Lipinski definition) is 17. The van der Waals surface area contributed by atoms with Crippen molar-refractivity contribution in [2.75, 3.05) is 54.0 Å². The van der Waals surface area contributed by atoms with E-state index in [0.29, 0.717) is 41.6 Å². The molecule has 1 radical (unpaired) electrons. The molecule has 6 aromatic rings. The van der Waals surface area contributed by atoms with E-state index < -0.39 is 41.0 Å². The maximum Gasteiger partial charge on any atom is 0.416 e. The van der Waals surface area contributed by atoms with Crippen molar-refractivity contribution < 1.29 is 139 Å². The minimum Gasteiger partial charge on any atom is -0.504 e. The maximum atomic E-state index is 13.2. The third-order valence-electron chi connectivity index (χ3n) is 16.9. The summed E-state index contributed by atoms with van der Waals surface area (Å²) in [5.74, 6) is 8.70. The molecule has 481 valence electrons. The van der Waals surface area contributed by atoms with Crippen LogP contribution in [-0.2, 0) is 58.1 Å². The standard InChI is InChI=1S/C23H23F3N4O2.C20H19F3N4O2.C20H18F3N3O2.U.V.W/c1-14(2)29-32-20-9-18(23(24,25)26)6-7-19(20)31-22-16-4-5-17(22)13-30(12-16)21-8-3-15(10-27)11-28-21;21-20(22,23)15-4-5-16(17(7-15)29-25)28-19-13-2-3-14(19)11-27(10-13)18-6-1-12(8-24)9-26-18;21-20(22,23)15-4-5-17(16(27)7-15)28-19-13-2-3-14(19)11-26(10-13)18-6-1-12(8-24)9-25-18;;;/h3,6-9,11,16-17,22H,4-5,12-13H2,1-2H3;1,4-7,9,13-14,19H,2-3,10-11,25H2;1,4-7,9,13-14,19,27H,2-3,10-11H2;;;/t16-,17+,22?;2*13-,14+,19?;;;. The summed E-state index contributed by atoms with van der Waals surface area (Å²) in [6.45, 7) is 7.71. The van der Waals surface area contributed by atoms with Crippen molar-refractivity contribution in [3.05, 3.63) is 143 Å². The molecule has 3 saturated heterocycles. The van der Waals surface area contributed by atoms with Gasteiger partial charge in [-0.3, -0.25) is 0 Å². The Balaban J connectivity index is 0.000000193. The van der Waals surface area contributed by atoms with Crippen LogP contribution in [0.1, 0.15) is 85.8 Å². The quantitative estimate of drug-likeness (QED) is 0.0660. The van der Waals surface area contributed by atoms with E-state index in [1.54, 1.807) is 50.6 Å². The molecule has 9 atom stereocenters. The summed E-state index contributed by atoms with van der Waals surface area (Å²) in [7, 11) is 0. The number of aromatic nitrogens is 3. The van der Waals surface area contributed by atoms with E-state index in [1.807, 2.05) is 24.3 Å². The number of halogens is 9. The van der Waals surface area contributed by atoms with Crippen molar-refractivity contribution in [3.8, 4) is 52.7 Å². The van der Waals surface area contributed by atoms with Crippen LogP contribution in [0.15, 0.2) is 115 Å². The first kappa shape index (κ1) is 72.5. The normalized spacial score (nSPS) is 22.5. The van der Waals surface area contributed by atoms with Crippen molar-refractivity contribution in [2.24, 2.45) is 46.6 Å². The minimum absolute atomic E-state index is 0. The molecule has 6 bridgehead atoms. The van der Waals surface area contributed by atoms with Crippen LogP contribution in [0.5, 0.6) is 34.5 Å². The molecule has 12 rings (SSSR count). The van der Waals surface area contributed by atoms with Gasteiger partial charge in [0.05, 0.1) is 39.1 Å². The minimum atomic E-state index is -4.51. The van der Waals surface area contributed by atoms with Crippen LogP contribution in [0, 0.1) is 101 Å². The van der Waals surface area contributed by atoms with Gasteiger partial charge in [-0.05, 0) is 143 Å². The molecule has 6 heterocycles. The largest absolute Gasteiger partial charge is 0.504 e. The monoisotopic (exact) mass is 1710 g/mol. The number of nitriles is 3. The van der Waals surface area contributed by atoms with Gasteiger partial charge in [0.25, 0.3) is 0 Å². The van der Waals surface area contributed by atoms with Gasteiger partial charge in [0.15, 0.2) is 34.5 Å². The molecule has 6 aliphatic rings. The third kappa shape index (κ3) is 17.3. The number of hydrogen-bond donors (Lipinski definition) is 2. The van der Waals surface area contributed by atoms with Crippen LogP contribution in [0.4, 0.5) is 57.0 Å². The third-order valence-corrected chi connectivity index (χ3v) is 16.9. The summed E-state index contributed by atoms with van der Waals surface area (Å²) in [5, 5.41) is 40.6. The predicted octanol–water partition coefficient (Wildman–Crippen LogP) is 12.5. The van der Waals surface area contributed by atoms with Gasteiger partial charge < -0.3 is 43.7 Å². The number of ether oxygens (including phenoxy) is 3. The first-order valence-electron chi connectivity index (χ1n) is 28.7. The van der Waals surface area contributed by atoms with E-state index in [4.69, 9.17) is 40.7 Å². The molecule has 3 N–H and O–H groups in total. The average Bonchev–Trinajstić information content (AvgIpc) is 1.64. The topological polar surface area (TPSA) is 225 Å². The van der Waals surface area contributed by atoms with Gasteiger partial charge in [-0.15, -0.1) is 0 Å². The second-order valence-electron chi connectivity index (χ2n) is 23.1. The van der Waals surface area contributed by atoms with Gasteiger partial charge in [0, 0.05) is 164 Å². The van der Waals surface area contributed by atoms with E-state index in [9.17, 15) is 44.6 Å². The smallest absolute Gasteiger partial charge is 0.416 e. The number of phenolic OH excluding ortho intramolecular Hbond substituents is 1. The number of piperidine rings is 3. The van der Waals surface area contributed by atoms with Crippen molar-refractivity contribution in [2.45, 2.75) is 89.2 Å². The fourth-order valence-electron chi connectivity index (χ4n) is 12.7. The summed E-state index contributed by atoms with van der Waals surface area (Å²) in [4.78, 5) is 29.5. The van der Waals surface area contributed by atoms with Crippen molar-refractivity contribution >= 4 is 23.2 Å². The summed E-state index contributed by atoms with van der Waals surface area (Å²) in [6.07, 6.45) is -3.50. The van der Waals surface area contributed by atoms with Gasteiger partial charge in [0.1, 0.15) is 54.0 Å². The summed E-state index contributed by atoms with van der Waals surface area (Å²) in [6, 6.07) is 26.0. The fraction of sp³-hybridized carbons (Fsp3) is 0.413. The Bertz CT molecular complexity index is 3610. The maximum absolute atomic E-state index is 13.2. The number of benzene rings is 3. The van der Waals surface area contributed by atoms with Crippen molar-refractivity contribution in [3.63, 3.8) is 0 Å². The molecule has 3 saturated carbocycles. The number of phenols is 1. The first-order valence-corrected chi connectivity index (χ1v) is 28.7. The molecular weight excluding hydrogens is 1650 g/mol. The average molecular weight is 1710 g/mol. The van der Waals surface area contributed by atoms with Gasteiger partial charge in [-0.2, -0.15) is 61.2 Å². The Labute approximate surface area is 574 Å². The van der Waals surface area contributed by atoms with Crippen molar-refractivity contribution in [1.29, 1.82) is 15.8 Å². The Hall–Kier alpha value is -6.90. The molecule has 29 heteroatoms. The number of oxime groups is 1. The number of nitrogens with zero attached hydrogens (tertiary/aromatic N) is 10. The molecule has 0 amide bonds. The zero-order valence-corrected chi connectivity index (χ0v) is 57.9. The van der Waals surface area contributed by atoms with Gasteiger partial charge >= 0.3 is 18.5 Å². The Kier molecular flexibility index (Phi) is 24.4. The van der Waals surface area contributed by atoms with E-state index in [0.717, 1.165) is 112 Å². The van der Waals surface area contributed by atoms with Crippen LogP contribution >= 0.6 is 0 Å². The second-order valence-corrected chi connectivity index (χ2v) is 23.1. The van der Waals surface area contributed by atoms with Gasteiger partial charge in [-0.25, -0.2) is 15.0 Å². The van der Waals surface area contributed by atoms with E-state index >= 15 is 0 Å². The van der Waals surface area contributed by atoms with Crippen LogP contribution in [0.2, 0.25) is 0 Å². The molecular formula is C63H60F9N11O6UVW. The Morgan fingerprint density at radius 2 is 0.793 bits per heavy atom. The molecule has 3 aromatic carbocycles. The van der Waals surface area contributed by atoms with Crippen molar-refractivity contribution in [1.82, 2.24) is 15.0 Å². The molecule has 3 aliphatic heterocycles. The number of rotatable bonds is 12. The summed E-state index contributed by atoms with van der Waals surface area (Å²) < 4.78 is 135. The zero-order chi connectivity index (χ0) is 63.4. The predicted molar refractivity (Wildman–Crippen MR) is 306 cm³/mol. The van der Waals surface area contributed by atoms with Gasteiger partial charge in [-0.1, -0.05) is 5.16 Å². The molecule has 6 fully saturated rings. The number of aromatic hydroxyl groups is 1. The van der Waals surface area contributed by atoms with E-state index in [-0.39, 0.29) is 153 Å². The van der Waals surface area contributed by atoms with E-state index in [1.165, 1.54) is 18.2 Å². The number of anilines is 3. The van der Waals surface area contributed by atoms with Crippen LogP contribution < -0.4 is 44.5 Å². The molecule has 3 unspecified atom stereocenters. The first-order chi connectivity index (χ1) is 42.5. The summed E-state index contributed by atoms with van der Waals surface area (Å²) >= 11 is 0. The molecule has 3 aromatic heterocycles. The fourth-order valence-corrected chi connectivity index (χ4v) is 12.7. The number of fused-ring (bicyclic) bond motifs is 6. The molecule has 92 heavy (non-hydrogen) atoms. The number of pyridine rings is 3. The van der Waals surface area contributed by atoms with Crippen LogP contribution in [0.3, 0.4) is 0 Å².